The van der Waals surface area contributed by atoms with Crippen LogP contribution in [0.5, 0.6) is 0 Å². The topological polar surface area (TPSA) is 93.3 Å². The summed E-state index contributed by atoms with van der Waals surface area (Å²) in [6, 6.07) is 0.103. The van der Waals surface area contributed by atoms with E-state index >= 15 is 0 Å². The molecule has 0 radical (unpaired) electrons. The fraction of sp³-hybridized carbons (Fsp3) is 1.00. The molecule has 1 unspecified atom stereocenters. The molecule has 1 heterocycles. The van der Waals surface area contributed by atoms with Crippen molar-refractivity contribution in [2.75, 3.05) is 26.2 Å². The van der Waals surface area contributed by atoms with Crippen LogP contribution in [0.3, 0.4) is 0 Å². The molecule has 0 aromatic rings. The number of likely N-dealkylation sites (N-methyl/N-ethyl adjacent to an activating group) is 1. The number of hydrogen-bond acceptors (Lipinski definition) is 5. The molecule has 0 aliphatic carbocycles. The molecule has 1 fully saturated rings. The molecule has 0 amide bonds. The molecule has 7 N–H and O–H groups in total. The van der Waals surface area contributed by atoms with Gasteiger partial charge in [0.1, 0.15) is 5.79 Å². The molecule has 1 saturated heterocycles. The van der Waals surface area contributed by atoms with Crippen molar-refractivity contribution in [2.45, 2.75) is 25.2 Å². The molecule has 0 spiro atoms. The van der Waals surface area contributed by atoms with Gasteiger partial charge in [0.05, 0.1) is 6.04 Å². The second-order valence-electron chi connectivity index (χ2n) is 3.55. The molecule has 1 aliphatic heterocycles. The summed E-state index contributed by atoms with van der Waals surface area (Å²) >= 11 is 0. The highest BCUT2D eigenvalue weighted by Gasteiger charge is 2.38. The fourth-order valence-electron chi connectivity index (χ4n) is 1.88. The van der Waals surface area contributed by atoms with E-state index in [1.807, 2.05) is 0 Å². The molecule has 5 nitrogen and oxygen atoms in total. The van der Waals surface area contributed by atoms with E-state index < -0.39 is 5.79 Å². The SMILES string of the molecule is CCN1CCNC(CCN)C1(N)N. The van der Waals surface area contributed by atoms with Crippen LogP contribution in [0.15, 0.2) is 0 Å². The third-order valence-electron chi connectivity index (χ3n) is 2.72. The van der Waals surface area contributed by atoms with Gasteiger partial charge in [-0.2, -0.15) is 0 Å². The van der Waals surface area contributed by atoms with E-state index in [0.29, 0.717) is 6.54 Å². The molecule has 13 heavy (non-hydrogen) atoms. The predicted molar refractivity (Wildman–Crippen MR) is 53.8 cm³/mol. The summed E-state index contributed by atoms with van der Waals surface area (Å²) in [5.74, 6) is -0.744. The zero-order valence-corrected chi connectivity index (χ0v) is 8.29. The van der Waals surface area contributed by atoms with Crippen molar-refractivity contribution in [3.63, 3.8) is 0 Å². The van der Waals surface area contributed by atoms with E-state index in [1.54, 1.807) is 0 Å². The van der Waals surface area contributed by atoms with Crippen molar-refractivity contribution in [2.24, 2.45) is 17.2 Å². The van der Waals surface area contributed by atoms with Gasteiger partial charge in [-0.05, 0) is 19.5 Å². The highest BCUT2D eigenvalue weighted by Crippen LogP contribution is 2.13. The zero-order valence-electron chi connectivity index (χ0n) is 8.29. The Hall–Kier alpha value is -0.200. The lowest BCUT2D eigenvalue weighted by molar-refractivity contribution is 0.0307. The van der Waals surface area contributed by atoms with Crippen molar-refractivity contribution in [3.05, 3.63) is 0 Å². The van der Waals surface area contributed by atoms with E-state index in [9.17, 15) is 0 Å². The first-order valence-corrected chi connectivity index (χ1v) is 4.89. The van der Waals surface area contributed by atoms with E-state index in [2.05, 4.69) is 17.1 Å². The minimum absolute atomic E-state index is 0.103. The monoisotopic (exact) mass is 187 g/mol. The summed E-state index contributed by atoms with van der Waals surface area (Å²) in [6.07, 6.45) is 0.823. The van der Waals surface area contributed by atoms with Gasteiger partial charge in [0.2, 0.25) is 0 Å². The van der Waals surface area contributed by atoms with Crippen molar-refractivity contribution >= 4 is 0 Å². The highest BCUT2D eigenvalue weighted by atomic mass is 15.4. The second kappa shape index (κ2) is 4.34. The average Bonchev–Trinajstić information content (AvgIpc) is 2.08. The van der Waals surface area contributed by atoms with E-state index in [-0.39, 0.29) is 6.04 Å². The molecular formula is C8H21N5. The van der Waals surface area contributed by atoms with Crippen molar-refractivity contribution in [3.8, 4) is 0 Å². The largest absolute Gasteiger partial charge is 0.330 e. The molecule has 0 saturated carbocycles. The lowest BCUT2D eigenvalue weighted by Crippen LogP contribution is -2.77. The van der Waals surface area contributed by atoms with Crippen LogP contribution >= 0.6 is 0 Å². The minimum Gasteiger partial charge on any atom is -0.330 e. The average molecular weight is 187 g/mol. The Morgan fingerprint density at radius 3 is 2.77 bits per heavy atom. The quantitative estimate of drug-likeness (QED) is 0.391. The van der Waals surface area contributed by atoms with Gasteiger partial charge in [0.15, 0.2) is 0 Å². The van der Waals surface area contributed by atoms with Crippen LogP contribution in [0, 0.1) is 0 Å². The lowest BCUT2D eigenvalue weighted by atomic mass is 10.0. The fourth-order valence-corrected chi connectivity index (χ4v) is 1.88. The summed E-state index contributed by atoms with van der Waals surface area (Å²) < 4.78 is 0. The molecule has 0 bridgehead atoms. The van der Waals surface area contributed by atoms with Crippen LogP contribution in [0.1, 0.15) is 13.3 Å². The van der Waals surface area contributed by atoms with Crippen LogP contribution in [-0.2, 0) is 0 Å². The Morgan fingerprint density at radius 1 is 1.54 bits per heavy atom. The Balaban J connectivity index is 2.63. The first kappa shape index (κ1) is 10.9. The maximum Gasteiger partial charge on any atom is 0.136 e. The van der Waals surface area contributed by atoms with Crippen molar-refractivity contribution in [1.82, 2.24) is 10.2 Å². The maximum atomic E-state index is 6.05. The van der Waals surface area contributed by atoms with Crippen molar-refractivity contribution in [1.29, 1.82) is 0 Å². The van der Waals surface area contributed by atoms with Crippen LogP contribution in [0.2, 0.25) is 0 Å². The summed E-state index contributed by atoms with van der Waals surface area (Å²) in [5, 5.41) is 3.30. The molecule has 0 aromatic carbocycles. The summed E-state index contributed by atoms with van der Waals surface area (Å²) in [4.78, 5) is 2.09. The number of nitrogens with one attached hydrogen (secondary N) is 1. The first-order chi connectivity index (χ1) is 6.12. The van der Waals surface area contributed by atoms with Crippen LogP contribution in [-0.4, -0.2) is 42.9 Å². The molecule has 5 heteroatoms. The molecule has 1 aliphatic rings. The standard InChI is InChI=1S/C8H21N5/c1-2-13-6-5-12-7(3-4-9)8(13,10)11/h7,12H,2-6,9-11H2,1H3. The number of rotatable bonds is 3. The normalized spacial score (nSPS) is 29.1. The molecular weight excluding hydrogens is 166 g/mol. The predicted octanol–water partition coefficient (Wildman–Crippen LogP) is -1.80. The zero-order chi connectivity index (χ0) is 9.90. The van der Waals surface area contributed by atoms with Crippen LogP contribution in [0.4, 0.5) is 0 Å². The second-order valence-corrected chi connectivity index (χ2v) is 3.55. The summed E-state index contributed by atoms with van der Waals surface area (Å²) in [6.45, 7) is 5.42. The summed E-state index contributed by atoms with van der Waals surface area (Å²) in [7, 11) is 0. The minimum atomic E-state index is -0.744. The van der Waals surface area contributed by atoms with Crippen LogP contribution < -0.4 is 22.5 Å². The van der Waals surface area contributed by atoms with Gasteiger partial charge in [-0.25, -0.2) is 0 Å². The number of nitrogens with zero attached hydrogens (tertiary/aromatic N) is 1. The van der Waals surface area contributed by atoms with E-state index in [1.165, 1.54) is 0 Å². The number of hydrogen-bond donors (Lipinski definition) is 4. The van der Waals surface area contributed by atoms with Gasteiger partial charge < -0.3 is 11.1 Å². The van der Waals surface area contributed by atoms with Gasteiger partial charge in [-0.3, -0.25) is 16.4 Å². The van der Waals surface area contributed by atoms with Gasteiger partial charge in [0.25, 0.3) is 0 Å². The van der Waals surface area contributed by atoms with E-state index in [0.717, 1.165) is 26.1 Å². The third-order valence-corrected chi connectivity index (χ3v) is 2.72. The smallest absolute Gasteiger partial charge is 0.136 e. The number of nitrogens with two attached hydrogens (primary N) is 3. The third kappa shape index (κ3) is 2.18. The highest BCUT2D eigenvalue weighted by molar-refractivity contribution is 4.94. The Bertz CT molecular complexity index is 157. The van der Waals surface area contributed by atoms with Gasteiger partial charge in [0, 0.05) is 13.1 Å². The van der Waals surface area contributed by atoms with E-state index in [4.69, 9.17) is 17.2 Å². The lowest BCUT2D eigenvalue weighted by Gasteiger charge is -2.47. The molecule has 0 aromatic heterocycles. The Morgan fingerprint density at radius 2 is 2.23 bits per heavy atom. The maximum absolute atomic E-state index is 6.05. The van der Waals surface area contributed by atoms with Gasteiger partial charge in [-0.15, -0.1) is 0 Å². The van der Waals surface area contributed by atoms with Crippen LogP contribution in [0.25, 0.3) is 0 Å². The number of piperazine rings is 1. The first-order valence-electron chi connectivity index (χ1n) is 4.89. The molecule has 1 rings (SSSR count). The Kier molecular flexibility index (Phi) is 3.63. The Labute approximate surface area is 79.6 Å². The summed E-state index contributed by atoms with van der Waals surface area (Å²) in [5.41, 5.74) is 17.6. The van der Waals surface area contributed by atoms with Gasteiger partial charge >= 0.3 is 0 Å². The van der Waals surface area contributed by atoms with Crippen molar-refractivity contribution < 1.29 is 0 Å². The van der Waals surface area contributed by atoms with Gasteiger partial charge in [-0.1, -0.05) is 6.92 Å². The molecule has 1 atom stereocenters. The molecule has 78 valence electrons.